The summed E-state index contributed by atoms with van der Waals surface area (Å²) in [5.41, 5.74) is 8.95. The summed E-state index contributed by atoms with van der Waals surface area (Å²) in [6, 6.07) is 1.94. The highest BCUT2D eigenvalue weighted by molar-refractivity contribution is 7.99. The molecule has 0 radical (unpaired) electrons. The molecule has 2 rings (SSSR count). The number of thioether (sulfide) groups is 1. The number of hydrogen-bond donors (Lipinski definition) is 1. The monoisotopic (exact) mass is 314 g/mol. The van der Waals surface area contributed by atoms with Gasteiger partial charge in [0.05, 0.1) is 4.90 Å². The Balaban J connectivity index is 2.52. The molecule has 1 heterocycles. The van der Waals surface area contributed by atoms with E-state index in [-0.39, 0.29) is 6.04 Å². The fourth-order valence-corrected chi connectivity index (χ4v) is 5.91. The Kier molecular flexibility index (Phi) is 4.37. The molecule has 0 spiro atoms. The molecule has 112 valence electrons. The van der Waals surface area contributed by atoms with Gasteiger partial charge in [0.2, 0.25) is 10.0 Å². The first-order chi connectivity index (χ1) is 9.26. The molecule has 1 aromatic rings. The van der Waals surface area contributed by atoms with E-state index in [1.165, 1.54) is 4.31 Å². The van der Waals surface area contributed by atoms with Gasteiger partial charge in [-0.05, 0) is 49.6 Å². The second-order valence-electron chi connectivity index (χ2n) is 5.42. The lowest BCUT2D eigenvalue weighted by Gasteiger charge is -2.25. The minimum Gasteiger partial charge on any atom is -0.398 e. The summed E-state index contributed by atoms with van der Waals surface area (Å²) in [7, 11) is -1.80. The largest absolute Gasteiger partial charge is 0.398 e. The smallest absolute Gasteiger partial charge is 0.243 e. The zero-order valence-electron chi connectivity index (χ0n) is 12.4. The zero-order chi connectivity index (χ0) is 15.1. The molecule has 0 saturated carbocycles. The lowest BCUT2D eigenvalue weighted by atomic mass is 10.1. The Morgan fingerprint density at radius 2 is 1.95 bits per heavy atom. The van der Waals surface area contributed by atoms with Crippen molar-refractivity contribution in [2.45, 2.75) is 38.1 Å². The number of benzene rings is 1. The summed E-state index contributed by atoms with van der Waals surface area (Å²) >= 11 is 1.81. The van der Waals surface area contributed by atoms with E-state index >= 15 is 0 Å². The first kappa shape index (κ1) is 15.7. The van der Waals surface area contributed by atoms with Gasteiger partial charge in [-0.15, -0.1) is 0 Å². The summed E-state index contributed by atoms with van der Waals surface area (Å²) < 4.78 is 27.3. The van der Waals surface area contributed by atoms with Crippen LogP contribution in [-0.2, 0) is 10.0 Å². The molecule has 1 fully saturated rings. The van der Waals surface area contributed by atoms with E-state index < -0.39 is 10.0 Å². The number of aryl methyl sites for hydroxylation is 2. The lowest BCUT2D eigenvalue weighted by molar-refractivity contribution is 0.394. The van der Waals surface area contributed by atoms with E-state index in [4.69, 9.17) is 5.73 Å². The maximum absolute atomic E-state index is 12.9. The van der Waals surface area contributed by atoms with Crippen LogP contribution >= 0.6 is 11.8 Å². The third kappa shape index (κ3) is 2.56. The number of hydrogen-bond acceptors (Lipinski definition) is 4. The van der Waals surface area contributed by atoms with Gasteiger partial charge in [0.1, 0.15) is 0 Å². The van der Waals surface area contributed by atoms with Crippen molar-refractivity contribution in [3.63, 3.8) is 0 Å². The summed E-state index contributed by atoms with van der Waals surface area (Å²) in [5.74, 6) is 1.90. The van der Waals surface area contributed by atoms with Crippen molar-refractivity contribution < 1.29 is 8.42 Å². The minimum absolute atomic E-state index is 0.0892. The highest BCUT2D eigenvalue weighted by atomic mass is 32.2. The molecule has 1 unspecified atom stereocenters. The maximum Gasteiger partial charge on any atom is 0.243 e. The molecule has 1 aromatic carbocycles. The molecule has 6 heteroatoms. The van der Waals surface area contributed by atoms with Crippen molar-refractivity contribution >= 4 is 27.5 Å². The highest BCUT2D eigenvalue weighted by Crippen LogP contribution is 2.32. The van der Waals surface area contributed by atoms with Crippen LogP contribution in [0.5, 0.6) is 0 Å². The third-order valence-electron chi connectivity index (χ3n) is 4.02. The van der Waals surface area contributed by atoms with Crippen molar-refractivity contribution in [1.29, 1.82) is 0 Å². The highest BCUT2D eigenvalue weighted by Gasteiger charge is 2.32. The van der Waals surface area contributed by atoms with Crippen LogP contribution in [0.15, 0.2) is 11.0 Å². The maximum atomic E-state index is 12.9. The molecule has 1 aliphatic heterocycles. The molecular formula is C14H22N2O2S2. The van der Waals surface area contributed by atoms with Crippen LogP contribution in [0.25, 0.3) is 0 Å². The first-order valence-corrected chi connectivity index (χ1v) is 9.28. The van der Waals surface area contributed by atoms with Gasteiger partial charge in [-0.1, -0.05) is 6.07 Å². The molecule has 0 aliphatic carbocycles. The number of nitrogen functional groups attached to an aromatic ring is 1. The van der Waals surface area contributed by atoms with Gasteiger partial charge < -0.3 is 5.73 Å². The molecule has 2 N–H and O–H groups in total. The van der Waals surface area contributed by atoms with Crippen LogP contribution in [0.1, 0.15) is 23.1 Å². The van der Waals surface area contributed by atoms with Gasteiger partial charge in [0.15, 0.2) is 0 Å². The van der Waals surface area contributed by atoms with Crippen molar-refractivity contribution in [1.82, 2.24) is 4.31 Å². The van der Waals surface area contributed by atoms with E-state index in [0.717, 1.165) is 29.1 Å². The van der Waals surface area contributed by atoms with E-state index in [0.29, 0.717) is 16.1 Å². The van der Waals surface area contributed by atoms with Crippen LogP contribution in [0.4, 0.5) is 5.69 Å². The average Bonchev–Trinajstić information content (AvgIpc) is 2.88. The molecule has 1 aliphatic rings. The molecule has 20 heavy (non-hydrogen) atoms. The molecule has 0 amide bonds. The standard InChI is InChI=1S/C14H22N2O2S2/c1-9-7-10(2)14(11(3)13(9)15)20(17,18)16(4)12-5-6-19-8-12/h7,12H,5-6,8,15H2,1-4H3. The normalized spacial score (nSPS) is 19.8. The number of rotatable bonds is 3. The van der Waals surface area contributed by atoms with Gasteiger partial charge in [-0.3, -0.25) is 0 Å². The Bertz CT molecular complexity index is 621. The van der Waals surface area contributed by atoms with Crippen molar-refractivity contribution in [2.24, 2.45) is 0 Å². The predicted molar refractivity (Wildman–Crippen MR) is 85.7 cm³/mol. The Morgan fingerprint density at radius 3 is 2.50 bits per heavy atom. The van der Waals surface area contributed by atoms with Crippen molar-refractivity contribution in [3.8, 4) is 0 Å². The first-order valence-electron chi connectivity index (χ1n) is 6.69. The Morgan fingerprint density at radius 1 is 1.30 bits per heavy atom. The van der Waals surface area contributed by atoms with Crippen LogP contribution in [0, 0.1) is 20.8 Å². The van der Waals surface area contributed by atoms with Gasteiger partial charge >= 0.3 is 0 Å². The molecule has 0 aromatic heterocycles. The fourth-order valence-electron chi connectivity index (χ4n) is 2.73. The van der Waals surface area contributed by atoms with E-state index in [1.54, 1.807) is 25.7 Å². The van der Waals surface area contributed by atoms with Gasteiger partial charge in [-0.25, -0.2) is 8.42 Å². The van der Waals surface area contributed by atoms with Gasteiger partial charge in [0, 0.05) is 24.5 Å². The van der Waals surface area contributed by atoms with Gasteiger partial charge in [0.25, 0.3) is 0 Å². The zero-order valence-corrected chi connectivity index (χ0v) is 14.1. The van der Waals surface area contributed by atoms with E-state index in [1.807, 2.05) is 19.9 Å². The number of sulfonamides is 1. The molecular weight excluding hydrogens is 292 g/mol. The summed E-state index contributed by atoms with van der Waals surface area (Å²) in [4.78, 5) is 0.375. The van der Waals surface area contributed by atoms with Crippen LogP contribution < -0.4 is 5.73 Å². The Labute approximate surface area is 125 Å². The Hall–Kier alpha value is -0.720. The third-order valence-corrected chi connectivity index (χ3v) is 7.36. The summed E-state index contributed by atoms with van der Waals surface area (Å²) in [6.45, 7) is 5.53. The minimum atomic E-state index is -3.48. The SMILES string of the molecule is Cc1cc(C)c(S(=O)(=O)N(C)C2CCSC2)c(C)c1N. The summed E-state index contributed by atoms with van der Waals surface area (Å²) in [5, 5.41) is 0. The molecule has 1 saturated heterocycles. The average molecular weight is 314 g/mol. The fraction of sp³-hybridized carbons (Fsp3) is 0.571. The van der Waals surface area contributed by atoms with Crippen LogP contribution in [0.2, 0.25) is 0 Å². The lowest BCUT2D eigenvalue weighted by Crippen LogP contribution is -2.37. The van der Waals surface area contributed by atoms with Crippen molar-refractivity contribution in [2.75, 3.05) is 24.3 Å². The van der Waals surface area contributed by atoms with E-state index in [2.05, 4.69) is 0 Å². The van der Waals surface area contributed by atoms with Crippen LogP contribution in [0.3, 0.4) is 0 Å². The van der Waals surface area contributed by atoms with E-state index in [9.17, 15) is 8.42 Å². The summed E-state index contributed by atoms with van der Waals surface area (Å²) in [6.07, 6.45) is 0.917. The predicted octanol–water partition coefficient (Wildman–Crippen LogP) is 2.32. The number of anilines is 1. The quantitative estimate of drug-likeness (QED) is 0.870. The topological polar surface area (TPSA) is 63.4 Å². The number of nitrogens with two attached hydrogens (primary N) is 1. The number of nitrogens with zero attached hydrogens (tertiary/aromatic N) is 1. The van der Waals surface area contributed by atoms with Crippen molar-refractivity contribution in [3.05, 3.63) is 22.8 Å². The second-order valence-corrected chi connectivity index (χ2v) is 8.50. The van der Waals surface area contributed by atoms with Gasteiger partial charge in [-0.2, -0.15) is 16.1 Å². The molecule has 4 nitrogen and oxygen atoms in total. The van der Waals surface area contributed by atoms with Crippen LogP contribution in [-0.4, -0.2) is 37.3 Å². The molecule has 0 bridgehead atoms. The second kappa shape index (κ2) is 5.58. The molecule has 1 atom stereocenters.